The Hall–Kier alpha value is -2.35. The predicted octanol–water partition coefficient (Wildman–Crippen LogP) is 0.694. The first-order chi connectivity index (χ1) is 7.63. The number of hydrogen-bond donors (Lipinski definition) is 1. The summed E-state index contributed by atoms with van der Waals surface area (Å²) in [6, 6.07) is 4.68. The normalized spacial score (nSPS) is 8.81. The van der Waals surface area contributed by atoms with Gasteiger partial charge in [0.25, 0.3) is 0 Å². The van der Waals surface area contributed by atoms with Crippen LogP contribution in [-0.4, -0.2) is 29.1 Å². The van der Waals surface area contributed by atoms with Crippen LogP contribution in [0, 0.1) is 11.8 Å². The van der Waals surface area contributed by atoms with E-state index >= 15 is 0 Å². The number of carboxylic acids is 1. The quantitative estimate of drug-likeness (QED) is 0.585. The lowest BCUT2D eigenvalue weighted by Gasteiger charge is -1.97. The minimum Gasteiger partial charge on any atom is -0.481 e. The Labute approximate surface area is 92.1 Å². The summed E-state index contributed by atoms with van der Waals surface area (Å²) < 4.78 is 4.49. The van der Waals surface area contributed by atoms with Crippen LogP contribution in [0.15, 0.2) is 18.2 Å². The molecule has 0 unspecified atom stereocenters. The molecule has 0 aliphatic rings. The highest BCUT2D eigenvalue weighted by Gasteiger charge is 2.06. The maximum Gasteiger partial charge on any atom is 0.356 e. The van der Waals surface area contributed by atoms with Crippen molar-refractivity contribution in [2.45, 2.75) is 6.42 Å². The zero-order chi connectivity index (χ0) is 12.0. The third-order valence-electron chi connectivity index (χ3n) is 1.60. The number of carbonyl (C=O) groups excluding carboxylic acids is 1. The molecule has 0 bridgehead atoms. The molecule has 1 heterocycles. The second kappa shape index (κ2) is 5.51. The average molecular weight is 219 g/mol. The standard InChI is InChI=1S/C11H9NO4/c1-16-11(15)9-6-2-4-8(12-9)5-3-7-10(13)14/h2,4,6H,7H2,1H3,(H,13,14). The summed E-state index contributed by atoms with van der Waals surface area (Å²) in [4.78, 5) is 25.2. The number of hydrogen-bond acceptors (Lipinski definition) is 4. The van der Waals surface area contributed by atoms with Crippen LogP contribution >= 0.6 is 0 Å². The van der Waals surface area contributed by atoms with E-state index in [2.05, 4.69) is 21.6 Å². The molecule has 5 heteroatoms. The van der Waals surface area contributed by atoms with Gasteiger partial charge in [-0.15, -0.1) is 0 Å². The number of nitrogens with zero attached hydrogens (tertiary/aromatic N) is 1. The zero-order valence-corrected chi connectivity index (χ0v) is 8.56. The van der Waals surface area contributed by atoms with Gasteiger partial charge in [0.1, 0.15) is 17.8 Å². The van der Waals surface area contributed by atoms with Gasteiger partial charge < -0.3 is 9.84 Å². The summed E-state index contributed by atoms with van der Waals surface area (Å²) in [6.07, 6.45) is -0.260. The van der Waals surface area contributed by atoms with Gasteiger partial charge in [0.2, 0.25) is 0 Å². The monoisotopic (exact) mass is 219 g/mol. The summed E-state index contributed by atoms with van der Waals surface area (Å²) in [6.45, 7) is 0. The first-order valence-electron chi connectivity index (χ1n) is 4.39. The Balaban J connectivity index is 2.85. The summed E-state index contributed by atoms with van der Waals surface area (Å²) in [5, 5.41) is 8.38. The van der Waals surface area contributed by atoms with Crippen molar-refractivity contribution in [3.05, 3.63) is 29.6 Å². The van der Waals surface area contributed by atoms with Crippen molar-refractivity contribution in [3.63, 3.8) is 0 Å². The van der Waals surface area contributed by atoms with Crippen molar-refractivity contribution >= 4 is 11.9 Å². The first kappa shape index (κ1) is 11.7. The molecule has 16 heavy (non-hydrogen) atoms. The van der Waals surface area contributed by atoms with E-state index in [1.807, 2.05) is 0 Å². The molecule has 1 N–H and O–H groups in total. The van der Waals surface area contributed by atoms with Crippen LogP contribution < -0.4 is 0 Å². The number of aromatic nitrogens is 1. The molecule has 0 spiro atoms. The minimum absolute atomic E-state index is 0.143. The molecule has 5 nitrogen and oxygen atoms in total. The number of aliphatic carboxylic acids is 1. The Bertz CT molecular complexity index is 470. The second-order valence-corrected chi connectivity index (χ2v) is 2.77. The van der Waals surface area contributed by atoms with E-state index in [4.69, 9.17) is 5.11 Å². The van der Waals surface area contributed by atoms with Crippen LogP contribution in [0.5, 0.6) is 0 Å². The van der Waals surface area contributed by atoms with Crippen molar-refractivity contribution in [1.29, 1.82) is 0 Å². The number of carbonyl (C=O) groups is 2. The number of esters is 1. The molecule has 0 aliphatic carbocycles. The van der Waals surface area contributed by atoms with Crippen LogP contribution in [-0.2, 0) is 9.53 Å². The number of carboxylic acid groups (broad SMARTS) is 1. The van der Waals surface area contributed by atoms with Gasteiger partial charge >= 0.3 is 11.9 Å². The van der Waals surface area contributed by atoms with Gasteiger partial charge in [-0.3, -0.25) is 4.79 Å². The molecular formula is C11H9NO4. The number of pyridine rings is 1. The maximum absolute atomic E-state index is 11.1. The smallest absolute Gasteiger partial charge is 0.356 e. The number of methoxy groups -OCH3 is 1. The zero-order valence-electron chi connectivity index (χ0n) is 8.56. The van der Waals surface area contributed by atoms with Crippen molar-refractivity contribution < 1.29 is 19.4 Å². The third-order valence-corrected chi connectivity index (χ3v) is 1.60. The molecular weight excluding hydrogens is 210 g/mol. The summed E-state index contributed by atoms with van der Waals surface area (Å²) in [7, 11) is 1.26. The molecule has 0 saturated heterocycles. The number of rotatable bonds is 2. The highest BCUT2D eigenvalue weighted by Crippen LogP contribution is 1.99. The van der Waals surface area contributed by atoms with Crippen LogP contribution in [0.3, 0.4) is 0 Å². The molecule has 1 rings (SSSR count). The Morgan fingerprint density at radius 2 is 2.25 bits per heavy atom. The van der Waals surface area contributed by atoms with Crippen LogP contribution in [0.1, 0.15) is 22.6 Å². The molecule has 82 valence electrons. The molecule has 1 aromatic heterocycles. The lowest BCUT2D eigenvalue weighted by atomic mass is 10.3. The summed E-state index contributed by atoms with van der Waals surface area (Å²) in [5.74, 6) is 3.41. The molecule has 0 aliphatic heterocycles. The topological polar surface area (TPSA) is 76.5 Å². The van der Waals surface area contributed by atoms with Crippen molar-refractivity contribution in [1.82, 2.24) is 4.98 Å². The molecule has 0 aromatic carbocycles. The molecule has 1 aromatic rings. The van der Waals surface area contributed by atoms with Crippen molar-refractivity contribution in [3.8, 4) is 11.8 Å². The fraction of sp³-hybridized carbons (Fsp3) is 0.182. The van der Waals surface area contributed by atoms with Crippen LogP contribution in [0.2, 0.25) is 0 Å². The largest absolute Gasteiger partial charge is 0.481 e. The maximum atomic E-state index is 11.1. The van der Waals surface area contributed by atoms with Crippen molar-refractivity contribution in [2.75, 3.05) is 7.11 Å². The Morgan fingerprint density at radius 1 is 1.50 bits per heavy atom. The predicted molar refractivity (Wildman–Crippen MR) is 54.7 cm³/mol. The molecule has 0 saturated carbocycles. The van der Waals surface area contributed by atoms with E-state index < -0.39 is 11.9 Å². The highest BCUT2D eigenvalue weighted by molar-refractivity contribution is 5.87. The van der Waals surface area contributed by atoms with E-state index in [0.717, 1.165) is 0 Å². The Kier molecular flexibility index (Phi) is 4.04. The number of ether oxygens (including phenoxy) is 1. The van der Waals surface area contributed by atoms with E-state index in [-0.39, 0.29) is 12.1 Å². The van der Waals surface area contributed by atoms with E-state index in [1.165, 1.54) is 13.2 Å². The molecule has 0 amide bonds. The van der Waals surface area contributed by atoms with Crippen LogP contribution in [0.25, 0.3) is 0 Å². The summed E-state index contributed by atoms with van der Waals surface area (Å²) in [5.41, 5.74) is 0.480. The minimum atomic E-state index is -1.00. The molecule has 0 fully saturated rings. The highest BCUT2D eigenvalue weighted by atomic mass is 16.5. The van der Waals surface area contributed by atoms with Gasteiger partial charge in [0, 0.05) is 0 Å². The van der Waals surface area contributed by atoms with Crippen LogP contribution in [0.4, 0.5) is 0 Å². The SMILES string of the molecule is COC(=O)c1cccc(C#CCC(=O)O)n1. The molecule has 0 atom stereocenters. The third kappa shape index (κ3) is 3.42. The van der Waals surface area contributed by atoms with Gasteiger partial charge in [-0.2, -0.15) is 0 Å². The first-order valence-corrected chi connectivity index (χ1v) is 4.39. The second-order valence-electron chi connectivity index (χ2n) is 2.77. The van der Waals surface area contributed by atoms with Gasteiger partial charge in [0.15, 0.2) is 0 Å². The van der Waals surface area contributed by atoms with E-state index in [1.54, 1.807) is 12.1 Å². The van der Waals surface area contributed by atoms with E-state index in [0.29, 0.717) is 5.69 Å². The lowest BCUT2D eigenvalue weighted by molar-refractivity contribution is -0.135. The van der Waals surface area contributed by atoms with E-state index in [9.17, 15) is 9.59 Å². The fourth-order valence-electron chi connectivity index (χ4n) is 0.933. The summed E-state index contributed by atoms with van der Waals surface area (Å²) >= 11 is 0. The molecule has 0 radical (unpaired) electrons. The van der Waals surface area contributed by atoms with Gasteiger partial charge in [0.05, 0.1) is 7.11 Å². The average Bonchev–Trinajstić information content (AvgIpc) is 2.28. The Morgan fingerprint density at radius 3 is 2.88 bits per heavy atom. The van der Waals surface area contributed by atoms with Gasteiger partial charge in [-0.25, -0.2) is 9.78 Å². The van der Waals surface area contributed by atoms with Gasteiger partial charge in [-0.1, -0.05) is 12.0 Å². The lowest BCUT2D eigenvalue weighted by Crippen LogP contribution is -2.04. The fourth-order valence-corrected chi connectivity index (χ4v) is 0.933. The van der Waals surface area contributed by atoms with Crippen molar-refractivity contribution in [2.24, 2.45) is 0 Å². The van der Waals surface area contributed by atoms with Gasteiger partial charge in [-0.05, 0) is 18.1 Å².